The molecule has 0 aliphatic carbocycles. The van der Waals surface area contributed by atoms with Gasteiger partial charge in [0.05, 0.1) is 23.1 Å². The Morgan fingerprint density at radius 1 is 1.55 bits per heavy atom. The first-order valence-corrected chi connectivity index (χ1v) is 6.22. The van der Waals surface area contributed by atoms with Crippen molar-refractivity contribution in [2.24, 2.45) is 0 Å². The van der Waals surface area contributed by atoms with Gasteiger partial charge in [0.25, 0.3) is 11.6 Å². The van der Waals surface area contributed by atoms with E-state index >= 15 is 0 Å². The van der Waals surface area contributed by atoms with Crippen molar-refractivity contribution in [3.8, 4) is 11.8 Å². The maximum absolute atomic E-state index is 12.2. The number of hydrogen-bond donors (Lipinski definition) is 0. The minimum Gasteiger partial charge on any atom is -0.478 e. The van der Waals surface area contributed by atoms with Gasteiger partial charge in [-0.05, 0) is 12.5 Å². The van der Waals surface area contributed by atoms with E-state index in [0.29, 0.717) is 17.9 Å². The fourth-order valence-electron chi connectivity index (χ4n) is 2.08. The quantitative estimate of drug-likeness (QED) is 0.618. The Morgan fingerprint density at radius 2 is 2.30 bits per heavy atom. The Bertz CT molecular complexity index is 594. The van der Waals surface area contributed by atoms with Crippen molar-refractivity contribution in [1.29, 1.82) is 5.26 Å². The zero-order chi connectivity index (χ0) is 14.7. The second-order valence-electron chi connectivity index (χ2n) is 4.32. The number of non-ortho nitro benzene ring substituents is 1. The van der Waals surface area contributed by atoms with Gasteiger partial charge in [-0.25, -0.2) is 0 Å². The lowest BCUT2D eigenvalue weighted by atomic mass is 10.1. The second kappa shape index (κ2) is 5.57. The van der Waals surface area contributed by atoms with Crippen LogP contribution < -0.4 is 9.64 Å². The first-order valence-electron chi connectivity index (χ1n) is 6.22. The van der Waals surface area contributed by atoms with Crippen LogP contribution in [0.5, 0.6) is 5.75 Å². The van der Waals surface area contributed by atoms with Gasteiger partial charge in [-0.2, -0.15) is 5.26 Å². The summed E-state index contributed by atoms with van der Waals surface area (Å²) in [6, 6.07) is 6.10. The topological polar surface area (TPSA) is 96.5 Å². The molecule has 1 heterocycles. The van der Waals surface area contributed by atoms with Crippen LogP contribution >= 0.6 is 0 Å². The number of carbonyl (C=O) groups excluding carboxylic acids is 1. The molecule has 1 amide bonds. The molecule has 104 valence electrons. The van der Waals surface area contributed by atoms with Gasteiger partial charge < -0.3 is 9.64 Å². The summed E-state index contributed by atoms with van der Waals surface area (Å²) in [6.07, 6.45) is 0.0467. The van der Waals surface area contributed by atoms with Crippen molar-refractivity contribution in [3.05, 3.63) is 28.3 Å². The van der Waals surface area contributed by atoms with Crippen LogP contribution in [0, 0.1) is 21.4 Å². The van der Waals surface area contributed by atoms with Crippen molar-refractivity contribution < 1.29 is 14.5 Å². The summed E-state index contributed by atoms with van der Waals surface area (Å²) >= 11 is 0. The van der Waals surface area contributed by atoms with E-state index in [1.807, 2.05) is 13.0 Å². The molecule has 0 saturated carbocycles. The van der Waals surface area contributed by atoms with Crippen molar-refractivity contribution in [1.82, 2.24) is 0 Å². The number of nitriles is 1. The van der Waals surface area contributed by atoms with E-state index in [4.69, 9.17) is 10.00 Å². The van der Waals surface area contributed by atoms with Crippen molar-refractivity contribution in [2.45, 2.75) is 25.9 Å². The number of anilines is 1. The number of carbonyl (C=O) groups is 1. The third-order valence-corrected chi connectivity index (χ3v) is 3.07. The molecule has 0 radical (unpaired) electrons. The zero-order valence-electron chi connectivity index (χ0n) is 10.9. The molecule has 1 aromatic rings. The molecule has 7 heteroatoms. The van der Waals surface area contributed by atoms with Gasteiger partial charge in [-0.15, -0.1) is 0 Å². The molecule has 1 atom stereocenters. The lowest BCUT2D eigenvalue weighted by molar-refractivity contribution is -0.384. The molecule has 1 aliphatic rings. The van der Waals surface area contributed by atoms with Gasteiger partial charge >= 0.3 is 0 Å². The van der Waals surface area contributed by atoms with Crippen LogP contribution in [0.3, 0.4) is 0 Å². The van der Waals surface area contributed by atoms with Crippen LogP contribution in [0.1, 0.15) is 19.8 Å². The third-order valence-electron chi connectivity index (χ3n) is 3.07. The van der Waals surface area contributed by atoms with Crippen LogP contribution in [0.2, 0.25) is 0 Å². The summed E-state index contributed by atoms with van der Waals surface area (Å²) in [5.74, 6) is 0.163. The molecular formula is C13H13N3O4. The number of rotatable bonds is 4. The second-order valence-corrected chi connectivity index (χ2v) is 4.32. The molecule has 2 rings (SSSR count). The van der Waals surface area contributed by atoms with E-state index in [-0.39, 0.29) is 24.6 Å². The van der Waals surface area contributed by atoms with Gasteiger partial charge in [0.2, 0.25) is 0 Å². The Balaban J connectivity index is 2.45. The van der Waals surface area contributed by atoms with Crippen molar-refractivity contribution >= 4 is 17.3 Å². The van der Waals surface area contributed by atoms with Gasteiger partial charge in [-0.3, -0.25) is 14.9 Å². The maximum atomic E-state index is 12.2. The number of nitro benzene ring substituents is 1. The average Bonchev–Trinajstić information content (AvgIpc) is 2.45. The molecule has 1 unspecified atom stereocenters. The molecule has 0 saturated heterocycles. The van der Waals surface area contributed by atoms with Crippen LogP contribution in [-0.4, -0.2) is 23.5 Å². The van der Waals surface area contributed by atoms with Gasteiger partial charge in [0.1, 0.15) is 5.75 Å². The number of benzene rings is 1. The third kappa shape index (κ3) is 2.40. The number of ether oxygens (including phenoxy) is 1. The molecule has 1 aliphatic heterocycles. The molecule has 0 fully saturated rings. The minimum absolute atomic E-state index is 0.114. The van der Waals surface area contributed by atoms with E-state index in [9.17, 15) is 14.9 Å². The predicted octanol–water partition coefficient (Wildman–Crippen LogP) is 2.01. The lowest BCUT2D eigenvalue weighted by Gasteiger charge is -2.33. The van der Waals surface area contributed by atoms with Gasteiger partial charge in [0, 0.05) is 18.7 Å². The zero-order valence-corrected chi connectivity index (χ0v) is 10.9. The number of nitrogens with zero attached hydrogens (tertiary/aromatic N) is 3. The first-order chi connectivity index (χ1) is 9.58. The SMILES string of the molecule is CCC1Oc2ccc([N+](=O)[O-])cc2N(CCC#N)C1=O. The summed E-state index contributed by atoms with van der Waals surface area (Å²) in [5.41, 5.74) is 0.237. The molecule has 1 aromatic carbocycles. The Kier molecular flexibility index (Phi) is 3.84. The maximum Gasteiger partial charge on any atom is 0.271 e. The Hall–Kier alpha value is -2.62. The Labute approximate surface area is 115 Å². The van der Waals surface area contributed by atoms with Crippen molar-refractivity contribution in [2.75, 3.05) is 11.4 Å². The van der Waals surface area contributed by atoms with E-state index in [1.165, 1.54) is 23.1 Å². The largest absolute Gasteiger partial charge is 0.478 e. The van der Waals surface area contributed by atoms with Gasteiger partial charge in [-0.1, -0.05) is 6.92 Å². The highest BCUT2D eigenvalue weighted by molar-refractivity contribution is 6.00. The number of amides is 1. The average molecular weight is 275 g/mol. The number of hydrogen-bond acceptors (Lipinski definition) is 5. The summed E-state index contributed by atoms with van der Waals surface area (Å²) in [4.78, 5) is 23.9. The molecule has 0 spiro atoms. The fraction of sp³-hybridized carbons (Fsp3) is 0.385. The lowest BCUT2D eigenvalue weighted by Crippen LogP contribution is -2.46. The molecule has 0 aromatic heterocycles. The van der Waals surface area contributed by atoms with E-state index < -0.39 is 11.0 Å². The van der Waals surface area contributed by atoms with Crippen LogP contribution in [0.25, 0.3) is 0 Å². The predicted molar refractivity (Wildman–Crippen MR) is 70.4 cm³/mol. The number of fused-ring (bicyclic) bond motifs is 1. The van der Waals surface area contributed by atoms with Crippen molar-refractivity contribution in [3.63, 3.8) is 0 Å². The molecule has 7 nitrogen and oxygen atoms in total. The summed E-state index contributed by atoms with van der Waals surface area (Å²) in [5, 5.41) is 19.5. The first kappa shape index (κ1) is 13.8. The molecule has 0 N–H and O–H groups in total. The standard InChI is InChI=1S/C13H13N3O4/c1-2-11-13(17)15(7-3-6-14)10-8-9(16(18)19)4-5-12(10)20-11/h4-5,8,11H,2-3,7H2,1H3. The number of nitro groups is 1. The summed E-state index contributed by atoms with van der Waals surface area (Å²) in [6.45, 7) is 2.02. The van der Waals surface area contributed by atoms with Gasteiger partial charge in [0.15, 0.2) is 6.10 Å². The van der Waals surface area contributed by atoms with E-state index in [0.717, 1.165) is 0 Å². The molecule has 0 bridgehead atoms. The summed E-state index contributed by atoms with van der Waals surface area (Å²) in [7, 11) is 0. The van der Waals surface area contributed by atoms with E-state index in [1.54, 1.807) is 0 Å². The van der Waals surface area contributed by atoms with Crippen LogP contribution in [-0.2, 0) is 4.79 Å². The highest BCUT2D eigenvalue weighted by Crippen LogP contribution is 2.37. The highest BCUT2D eigenvalue weighted by Gasteiger charge is 2.34. The smallest absolute Gasteiger partial charge is 0.271 e. The fourth-order valence-corrected chi connectivity index (χ4v) is 2.08. The molecule has 20 heavy (non-hydrogen) atoms. The van der Waals surface area contributed by atoms with Crippen LogP contribution in [0.4, 0.5) is 11.4 Å². The van der Waals surface area contributed by atoms with Crippen LogP contribution in [0.15, 0.2) is 18.2 Å². The summed E-state index contributed by atoms with van der Waals surface area (Å²) < 4.78 is 5.54. The minimum atomic E-state index is -0.609. The molecular weight excluding hydrogens is 262 g/mol. The Morgan fingerprint density at radius 3 is 2.90 bits per heavy atom. The monoisotopic (exact) mass is 275 g/mol. The normalized spacial score (nSPS) is 17.1. The highest BCUT2D eigenvalue weighted by atomic mass is 16.6. The van der Waals surface area contributed by atoms with E-state index in [2.05, 4.69) is 0 Å².